The average molecular weight is 217 g/mol. The van der Waals surface area contributed by atoms with Gasteiger partial charge in [0.2, 0.25) is 0 Å². The SMILES string of the molecule is CCN(CC#N)Cc1ccc(C#N)cc1F. The van der Waals surface area contributed by atoms with Crippen molar-refractivity contribution < 1.29 is 4.39 Å². The number of hydrogen-bond donors (Lipinski definition) is 0. The molecule has 0 bridgehead atoms. The first-order valence-electron chi connectivity index (χ1n) is 4.99. The predicted molar refractivity (Wildman–Crippen MR) is 57.7 cm³/mol. The second kappa shape index (κ2) is 5.85. The topological polar surface area (TPSA) is 50.8 Å². The lowest BCUT2D eigenvalue weighted by molar-refractivity contribution is 0.309. The maximum atomic E-state index is 13.5. The van der Waals surface area contributed by atoms with Gasteiger partial charge in [-0.05, 0) is 18.7 Å². The third-order valence-electron chi connectivity index (χ3n) is 2.32. The lowest BCUT2D eigenvalue weighted by Gasteiger charge is -2.16. The van der Waals surface area contributed by atoms with E-state index in [1.807, 2.05) is 24.0 Å². The van der Waals surface area contributed by atoms with E-state index >= 15 is 0 Å². The highest BCUT2D eigenvalue weighted by molar-refractivity contribution is 5.32. The minimum atomic E-state index is -0.393. The molecule has 3 nitrogen and oxygen atoms in total. The number of rotatable bonds is 4. The van der Waals surface area contributed by atoms with E-state index in [2.05, 4.69) is 0 Å². The van der Waals surface area contributed by atoms with Crippen LogP contribution in [0.4, 0.5) is 4.39 Å². The quantitative estimate of drug-likeness (QED) is 0.725. The van der Waals surface area contributed by atoms with Gasteiger partial charge in [-0.2, -0.15) is 10.5 Å². The van der Waals surface area contributed by atoms with Gasteiger partial charge < -0.3 is 0 Å². The molecule has 0 aromatic heterocycles. The third-order valence-corrected chi connectivity index (χ3v) is 2.32. The van der Waals surface area contributed by atoms with Crippen LogP contribution in [0, 0.1) is 28.5 Å². The van der Waals surface area contributed by atoms with Crippen molar-refractivity contribution in [1.29, 1.82) is 10.5 Å². The Hall–Kier alpha value is -1.91. The molecule has 0 aliphatic rings. The first-order valence-corrected chi connectivity index (χ1v) is 4.99. The van der Waals surface area contributed by atoms with Crippen LogP contribution in [0.2, 0.25) is 0 Å². The number of nitrogens with zero attached hydrogens (tertiary/aromatic N) is 3. The van der Waals surface area contributed by atoms with Crippen molar-refractivity contribution >= 4 is 0 Å². The van der Waals surface area contributed by atoms with E-state index in [0.29, 0.717) is 24.2 Å². The maximum Gasteiger partial charge on any atom is 0.129 e. The van der Waals surface area contributed by atoms with Crippen LogP contribution in [0.3, 0.4) is 0 Å². The predicted octanol–water partition coefficient (Wildman–Crippen LogP) is 2.04. The second-order valence-corrected chi connectivity index (χ2v) is 3.38. The standard InChI is InChI=1S/C12H12FN3/c1-2-16(6-5-14)9-11-4-3-10(8-15)7-12(11)13/h3-4,7H,2,6,9H2,1H3. The molecule has 1 aromatic rings. The Bertz CT molecular complexity index is 443. The Balaban J connectivity index is 2.82. The molecule has 0 spiro atoms. The van der Waals surface area contributed by atoms with Gasteiger partial charge in [0.25, 0.3) is 0 Å². The fraction of sp³-hybridized carbons (Fsp3) is 0.333. The number of hydrogen-bond acceptors (Lipinski definition) is 3. The summed E-state index contributed by atoms with van der Waals surface area (Å²) in [6.45, 7) is 3.27. The molecule has 0 atom stereocenters. The molecule has 0 amide bonds. The van der Waals surface area contributed by atoms with Crippen molar-refractivity contribution in [1.82, 2.24) is 4.90 Å². The lowest BCUT2D eigenvalue weighted by atomic mass is 10.1. The molecule has 0 heterocycles. The summed E-state index contributed by atoms with van der Waals surface area (Å²) in [6, 6.07) is 8.30. The molecule has 1 aromatic carbocycles. The van der Waals surface area contributed by atoms with Crippen LogP contribution in [0.5, 0.6) is 0 Å². The molecule has 0 radical (unpaired) electrons. The molecule has 1 rings (SSSR count). The summed E-state index contributed by atoms with van der Waals surface area (Å²) in [5, 5.41) is 17.2. The summed E-state index contributed by atoms with van der Waals surface area (Å²) in [5.74, 6) is -0.393. The highest BCUT2D eigenvalue weighted by atomic mass is 19.1. The molecule has 82 valence electrons. The Morgan fingerprint density at radius 3 is 2.62 bits per heavy atom. The second-order valence-electron chi connectivity index (χ2n) is 3.38. The Morgan fingerprint density at radius 2 is 2.12 bits per heavy atom. The van der Waals surface area contributed by atoms with E-state index in [1.165, 1.54) is 6.07 Å². The fourth-order valence-electron chi connectivity index (χ4n) is 1.37. The highest BCUT2D eigenvalue weighted by Crippen LogP contribution is 2.12. The van der Waals surface area contributed by atoms with Gasteiger partial charge in [-0.25, -0.2) is 4.39 Å². The van der Waals surface area contributed by atoms with E-state index < -0.39 is 5.82 Å². The molecule has 0 aliphatic heterocycles. The number of halogens is 1. The molecular weight excluding hydrogens is 205 g/mol. The summed E-state index contributed by atoms with van der Waals surface area (Å²) >= 11 is 0. The molecule has 0 saturated heterocycles. The lowest BCUT2D eigenvalue weighted by Crippen LogP contribution is -2.23. The van der Waals surface area contributed by atoms with Gasteiger partial charge in [-0.3, -0.25) is 4.90 Å². The van der Waals surface area contributed by atoms with Crippen molar-refractivity contribution in [3.8, 4) is 12.1 Å². The monoisotopic (exact) mass is 217 g/mol. The zero-order valence-corrected chi connectivity index (χ0v) is 9.07. The molecule has 16 heavy (non-hydrogen) atoms. The smallest absolute Gasteiger partial charge is 0.129 e. The largest absolute Gasteiger partial charge is 0.286 e. The molecule has 0 aliphatic carbocycles. The maximum absolute atomic E-state index is 13.5. The molecule has 0 saturated carbocycles. The highest BCUT2D eigenvalue weighted by Gasteiger charge is 2.08. The van der Waals surface area contributed by atoms with E-state index in [0.717, 1.165) is 0 Å². The summed E-state index contributed by atoms with van der Waals surface area (Å²) in [5.41, 5.74) is 0.820. The van der Waals surface area contributed by atoms with Crippen LogP contribution in [0.1, 0.15) is 18.1 Å². The minimum Gasteiger partial charge on any atom is -0.286 e. The van der Waals surface area contributed by atoms with Gasteiger partial charge >= 0.3 is 0 Å². The summed E-state index contributed by atoms with van der Waals surface area (Å²) in [6.07, 6.45) is 0. The molecule has 0 unspecified atom stereocenters. The van der Waals surface area contributed by atoms with Gasteiger partial charge in [0, 0.05) is 12.1 Å². The Kier molecular flexibility index (Phi) is 4.44. The van der Waals surface area contributed by atoms with Crippen LogP contribution in [0.15, 0.2) is 18.2 Å². The van der Waals surface area contributed by atoms with Crippen molar-refractivity contribution in [3.63, 3.8) is 0 Å². The average Bonchev–Trinajstić information content (AvgIpc) is 2.30. The molecule has 0 N–H and O–H groups in total. The van der Waals surface area contributed by atoms with Crippen LogP contribution in [-0.2, 0) is 6.54 Å². The zero-order valence-electron chi connectivity index (χ0n) is 9.07. The Labute approximate surface area is 94.3 Å². The van der Waals surface area contributed by atoms with Crippen LogP contribution in [-0.4, -0.2) is 18.0 Å². The third kappa shape index (κ3) is 3.05. The van der Waals surface area contributed by atoms with Crippen LogP contribution >= 0.6 is 0 Å². The van der Waals surface area contributed by atoms with E-state index in [9.17, 15) is 4.39 Å². The Morgan fingerprint density at radius 1 is 1.38 bits per heavy atom. The number of benzene rings is 1. The van der Waals surface area contributed by atoms with Gasteiger partial charge in [-0.1, -0.05) is 13.0 Å². The van der Waals surface area contributed by atoms with E-state index in [1.54, 1.807) is 12.1 Å². The molecule has 0 fully saturated rings. The van der Waals surface area contributed by atoms with Crippen molar-refractivity contribution in [3.05, 3.63) is 35.1 Å². The first-order chi connectivity index (χ1) is 7.71. The van der Waals surface area contributed by atoms with Gasteiger partial charge in [-0.15, -0.1) is 0 Å². The van der Waals surface area contributed by atoms with E-state index in [-0.39, 0.29) is 6.54 Å². The minimum absolute atomic E-state index is 0.274. The van der Waals surface area contributed by atoms with E-state index in [4.69, 9.17) is 10.5 Å². The first kappa shape index (κ1) is 12.2. The fourth-order valence-corrected chi connectivity index (χ4v) is 1.37. The normalized spacial score (nSPS) is 9.81. The summed E-state index contributed by atoms with van der Waals surface area (Å²) < 4.78 is 13.5. The molecule has 4 heteroatoms. The number of nitriles is 2. The summed E-state index contributed by atoms with van der Waals surface area (Å²) in [4.78, 5) is 1.82. The van der Waals surface area contributed by atoms with Gasteiger partial charge in [0.05, 0.1) is 24.2 Å². The van der Waals surface area contributed by atoms with Crippen molar-refractivity contribution in [2.75, 3.05) is 13.1 Å². The van der Waals surface area contributed by atoms with Gasteiger partial charge in [0.1, 0.15) is 5.82 Å². The van der Waals surface area contributed by atoms with Crippen molar-refractivity contribution in [2.24, 2.45) is 0 Å². The van der Waals surface area contributed by atoms with Crippen LogP contribution < -0.4 is 0 Å². The summed E-state index contributed by atoms with van der Waals surface area (Å²) in [7, 11) is 0. The van der Waals surface area contributed by atoms with Gasteiger partial charge in [0.15, 0.2) is 0 Å². The molecular formula is C12H12FN3. The van der Waals surface area contributed by atoms with Crippen LogP contribution in [0.25, 0.3) is 0 Å². The van der Waals surface area contributed by atoms with Crippen molar-refractivity contribution in [2.45, 2.75) is 13.5 Å². The zero-order chi connectivity index (χ0) is 12.0.